The molecular weight excluding hydrogens is 736 g/mol. The molecule has 0 aliphatic carbocycles. The van der Waals surface area contributed by atoms with Crippen LogP contribution in [0.4, 0.5) is 10.2 Å². The van der Waals surface area contributed by atoms with Crippen molar-refractivity contribution in [2.24, 2.45) is 0 Å². The molecule has 4 aromatic heterocycles. The number of halogens is 1. The maximum atomic E-state index is 14.7. The van der Waals surface area contributed by atoms with Gasteiger partial charge in [0.2, 0.25) is 0 Å². The second kappa shape index (κ2) is 14.9. The van der Waals surface area contributed by atoms with Crippen molar-refractivity contribution in [2.75, 3.05) is 25.0 Å². The minimum Gasteiger partial charge on any atom is -0.508 e. The highest BCUT2D eigenvalue weighted by molar-refractivity contribution is 6.90. The van der Waals surface area contributed by atoms with Crippen molar-refractivity contribution >= 4 is 46.6 Å². The molecule has 10 nitrogen and oxygen atoms in total. The number of aromatic amines is 1. The number of phenols is 1. The van der Waals surface area contributed by atoms with E-state index in [0.29, 0.717) is 52.8 Å². The molecule has 57 heavy (non-hydrogen) atoms. The first-order valence-corrected chi connectivity index (χ1v) is 22.4. The minimum absolute atomic E-state index is 0.0328. The molecule has 0 radical (unpaired) electrons. The SMILES string of the molecule is Cc1c(-c2cc(O)cc3cccc(C#C[Si](C(C)C)(C(C)C)C(C)C)c23)oc(=O)c2c(NCc3c[nH]c4ncccc34)nc(OC[C@@]34CCCN3C[C@H](F)C4)nc12. The summed E-state index contributed by atoms with van der Waals surface area (Å²) < 4.78 is 27.3. The predicted molar refractivity (Wildman–Crippen MR) is 227 cm³/mol. The number of alkyl halides is 1. The van der Waals surface area contributed by atoms with Gasteiger partial charge in [-0.3, -0.25) is 4.90 Å². The molecule has 0 unspecified atom stereocenters. The Labute approximate surface area is 333 Å². The van der Waals surface area contributed by atoms with Crippen molar-refractivity contribution in [3.63, 3.8) is 0 Å². The quantitative estimate of drug-likeness (QED) is 0.0919. The molecule has 0 saturated carbocycles. The number of benzene rings is 2. The number of hydrogen-bond donors (Lipinski definition) is 3. The minimum atomic E-state index is -2.10. The molecule has 6 heterocycles. The van der Waals surface area contributed by atoms with Gasteiger partial charge in [-0.05, 0) is 84.2 Å². The summed E-state index contributed by atoms with van der Waals surface area (Å²) in [5.74, 6) is 4.19. The lowest BCUT2D eigenvalue weighted by molar-refractivity contribution is 0.107. The van der Waals surface area contributed by atoms with Gasteiger partial charge >= 0.3 is 11.6 Å². The normalized spacial score (nSPS) is 18.6. The summed E-state index contributed by atoms with van der Waals surface area (Å²) >= 11 is 0. The topological polar surface area (TPSA) is 129 Å². The molecule has 2 fully saturated rings. The van der Waals surface area contributed by atoms with E-state index in [9.17, 15) is 14.3 Å². The average molecular weight is 787 g/mol. The van der Waals surface area contributed by atoms with Crippen molar-refractivity contribution in [2.45, 2.75) is 103 Å². The first-order chi connectivity index (χ1) is 27.3. The third-order valence-corrected chi connectivity index (χ3v) is 19.0. The van der Waals surface area contributed by atoms with E-state index in [2.05, 4.69) is 73.2 Å². The van der Waals surface area contributed by atoms with Crippen LogP contribution in [0.2, 0.25) is 16.6 Å². The van der Waals surface area contributed by atoms with E-state index in [1.54, 1.807) is 18.3 Å². The van der Waals surface area contributed by atoms with Gasteiger partial charge in [-0.15, -0.1) is 5.54 Å². The first kappa shape index (κ1) is 38.6. The molecule has 2 aliphatic rings. The third kappa shape index (κ3) is 6.74. The van der Waals surface area contributed by atoms with Crippen LogP contribution in [0, 0.1) is 18.4 Å². The van der Waals surface area contributed by atoms with Gasteiger partial charge in [0, 0.05) is 59.4 Å². The number of rotatable bonds is 10. The van der Waals surface area contributed by atoms with Crippen LogP contribution in [0.15, 0.2) is 64.1 Å². The molecule has 0 amide bonds. The molecule has 296 valence electrons. The summed E-state index contributed by atoms with van der Waals surface area (Å²) in [7, 11) is -2.10. The third-order valence-electron chi connectivity index (χ3n) is 12.7. The van der Waals surface area contributed by atoms with E-state index in [1.807, 2.05) is 43.5 Å². The molecule has 8 rings (SSSR count). The van der Waals surface area contributed by atoms with Crippen LogP contribution in [-0.2, 0) is 6.54 Å². The fourth-order valence-corrected chi connectivity index (χ4v) is 15.2. The molecule has 0 spiro atoms. The summed E-state index contributed by atoms with van der Waals surface area (Å²) in [6.45, 7) is 17.4. The number of fused-ring (bicyclic) bond motifs is 4. The number of phenolic OH excluding ortho intramolecular Hbond substituents is 1. The molecule has 2 aliphatic heterocycles. The molecular formula is C45H51FN6O4Si. The Hall–Kier alpha value is -5.25. The van der Waals surface area contributed by atoms with E-state index >= 15 is 0 Å². The zero-order valence-corrected chi connectivity index (χ0v) is 34.8. The number of H-pyrrole nitrogens is 1. The molecule has 2 aromatic carbocycles. The number of nitrogens with one attached hydrogen (secondary N) is 2. The van der Waals surface area contributed by atoms with Crippen LogP contribution in [0.1, 0.15) is 77.5 Å². The Bertz CT molecular complexity index is 2600. The zero-order chi connectivity index (χ0) is 40.2. The van der Waals surface area contributed by atoms with Crippen molar-refractivity contribution in [3.8, 4) is 34.5 Å². The molecule has 6 aromatic rings. The van der Waals surface area contributed by atoms with Crippen molar-refractivity contribution in [1.82, 2.24) is 24.8 Å². The van der Waals surface area contributed by atoms with Gasteiger partial charge in [-0.1, -0.05) is 59.6 Å². The van der Waals surface area contributed by atoms with Crippen LogP contribution >= 0.6 is 0 Å². The smallest absolute Gasteiger partial charge is 0.349 e. The van der Waals surface area contributed by atoms with Crippen LogP contribution in [-0.4, -0.2) is 69.4 Å². The second-order valence-electron chi connectivity index (χ2n) is 16.9. The maximum Gasteiger partial charge on any atom is 0.349 e. The van der Waals surface area contributed by atoms with Crippen LogP contribution < -0.4 is 15.7 Å². The summed E-state index contributed by atoms with van der Waals surface area (Å²) in [6, 6.07) is 13.2. The summed E-state index contributed by atoms with van der Waals surface area (Å²) in [5, 5.41) is 17.1. The molecule has 2 saturated heterocycles. The molecule has 12 heteroatoms. The Kier molecular flexibility index (Phi) is 10.1. The lowest BCUT2D eigenvalue weighted by Crippen LogP contribution is -2.43. The maximum absolute atomic E-state index is 14.7. The van der Waals surface area contributed by atoms with E-state index in [0.717, 1.165) is 52.3 Å². The van der Waals surface area contributed by atoms with Gasteiger partial charge in [-0.2, -0.15) is 9.97 Å². The van der Waals surface area contributed by atoms with Gasteiger partial charge in [0.15, 0.2) is 0 Å². The van der Waals surface area contributed by atoms with Crippen molar-refractivity contribution in [3.05, 3.63) is 82.0 Å². The Morgan fingerprint density at radius 2 is 1.89 bits per heavy atom. The Balaban J connectivity index is 1.28. The number of aromatic hydroxyl groups is 1. The average Bonchev–Trinajstić information content (AvgIpc) is 3.85. The van der Waals surface area contributed by atoms with Crippen LogP contribution in [0.5, 0.6) is 11.8 Å². The Morgan fingerprint density at radius 1 is 1.11 bits per heavy atom. The first-order valence-electron chi connectivity index (χ1n) is 20.1. The lowest BCUT2D eigenvalue weighted by Gasteiger charge is -2.38. The van der Waals surface area contributed by atoms with Crippen molar-refractivity contribution < 1.29 is 18.7 Å². The molecule has 0 bridgehead atoms. The van der Waals surface area contributed by atoms with E-state index in [1.165, 1.54) is 0 Å². The summed E-state index contributed by atoms with van der Waals surface area (Å²) in [4.78, 5) is 33.7. The van der Waals surface area contributed by atoms with Gasteiger partial charge < -0.3 is 24.6 Å². The van der Waals surface area contributed by atoms with Crippen LogP contribution in [0.25, 0.3) is 44.0 Å². The van der Waals surface area contributed by atoms with Crippen LogP contribution in [0.3, 0.4) is 0 Å². The highest BCUT2D eigenvalue weighted by atomic mass is 28.3. The second-order valence-corrected chi connectivity index (χ2v) is 22.5. The van der Waals surface area contributed by atoms with E-state index in [4.69, 9.17) is 19.1 Å². The molecule has 2 atom stereocenters. The van der Waals surface area contributed by atoms with Crippen molar-refractivity contribution in [1.29, 1.82) is 0 Å². The zero-order valence-electron chi connectivity index (χ0n) is 33.8. The lowest BCUT2D eigenvalue weighted by atomic mass is 9.95. The van der Waals surface area contributed by atoms with E-state index in [-0.39, 0.29) is 35.3 Å². The number of hydrogen-bond acceptors (Lipinski definition) is 9. The number of nitrogens with zero attached hydrogens (tertiary/aromatic N) is 4. The number of anilines is 1. The number of aryl methyl sites for hydroxylation is 1. The van der Waals surface area contributed by atoms with Gasteiger partial charge in [0.25, 0.3) is 0 Å². The highest BCUT2D eigenvalue weighted by Gasteiger charge is 2.49. The number of pyridine rings is 1. The summed E-state index contributed by atoms with van der Waals surface area (Å²) in [6.07, 6.45) is 4.91. The fourth-order valence-electron chi connectivity index (χ4n) is 9.97. The summed E-state index contributed by atoms with van der Waals surface area (Å²) in [5.41, 5.74) is 8.09. The monoisotopic (exact) mass is 786 g/mol. The van der Waals surface area contributed by atoms with E-state index < -0.39 is 25.4 Å². The largest absolute Gasteiger partial charge is 0.508 e. The highest BCUT2D eigenvalue weighted by Crippen LogP contribution is 2.43. The number of aromatic nitrogens is 4. The standard InChI is InChI=1S/C45H51FN6O4Si/c1-26(2)57(27(3)4,28(5)6)18-14-30-11-8-12-31-19-34(53)20-36(37(30)31)40-29(7)39-38(43(54)56-40)42(49-23-32-22-48-41-35(32)13-9-16-47-41)51-44(50-39)55-25-45-15-10-17-52(45)24-33(46)21-45/h8-9,11-13,16,19-20,22,26-28,33,53H,10,15,17,21,23-25H2,1-7H3,(H,47,48)(H,49,50,51)/t33-,45+/m1/s1. The fraction of sp³-hybridized carbons (Fsp3) is 0.422. The van der Waals surface area contributed by atoms with Gasteiger partial charge in [0.1, 0.15) is 49.2 Å². The van der Waals surface area contributed by atoms with Gasteiger partial charge in [-0.25, -0.2) is 14.2 Å². The Morgan fingerprint density at radius 3 is 2.67 bits per heavy atom. The number of ether oxygens (including phenoxy) is 1. The predicted octanol–water partition coefficient (Wildman–Crippen LogP) is 9.43. The molecule has 3 N–H and O–H groups in total. The van der Waals surface area contributed by atoms with Gasteiger partial charge in [0.05, 0.1) is 11.1 Å².